The van der Waals surface area contributed by atoms with Crippen LogP contribution in [0.3, 0.4) is 0 Å². The molecule has 2 aliphatic heterocycles. The molecule has 0 saturated heterocycles. The molecule has 2 aromatic carbocycles. The first kappa shape index (κ1) is 18.6. The third-order valence-corrected chi connectivity index (χ3v) is 5.16. The molecule has 4 heteroatoms. The van der Waals surface area contributed by atoms with E-state index in [1.807, 2.05) is 20.8 Å². The minimum absolute atomic E-state index is 0.171. The lowest BCUT2D eigenvalue weighted by atomic mass is 10.1. The number of carbonyl (C=O) groups excluding carboxylic acids is 1. The molecule has 0 aliphatic carbocycles. The Balaban J connectivity index is 1.44. The van der Waals surface area contributed by atoms with Gasteiger partial charge in [0.2, 0.25) is 0 Å². The van der Waals surface area contributed by atoms with Gasteiger partial charge in [0.15, 0.2) is 0 Å². The Hall–Kier alpha value is -2.75. The number of benzene rings is 2. The van der Waals surface area contributed by atoms with Crippen LogP contribution in [-0.2, 0) is 35.3 Å². The van der Waals surface area contributed by atoms with E-state index >= 15 is 0 Å². The minimum atomic E-state index is -0.442. The SMILES string of the molecule is C=C1Cc2cc(CN3CCc4cc(CC(=O)OC(C)(C)C)ccc43)ccc2N1. The summed E-state index contributed by atoms with van der Waals surface area (Å²) in [6.45, 7) is 11.6. The lowest BCUT2D eigenvalue weighted by molar-refractivity contribution is -0.153. The molecule has 146 valence electrons. The van der Waals surface area contributed by atoms with Gasteiger partial charge < -0.3 is 15.0 Å². The number of anilines is 2. The maximum absolute atomic E-state index is 12.1. The molecular formula is C24H28N2O2. The Morgan fingerprint density at radius 2 is 1.89 bits per heavy atom. The summed E-state index contributed by atoms with van der Waals surface area (Å²) in [5, 5.41) is 3.32. The van der Waals surface area contributed by atoms with Crippen LogP contribution in [-0.4, -0.2) is 18.1 Å². The van der Waals surface area contributed by atoms with Crippen LogP contribution in [0, 0.1) is 0 Å². The van der Waals surface area contributed by atoms with Gasteiger partial charge in [-0.05, 0) is 61.6 Å². The maximum Gasteiger partial charge on any atom is 0.310 e. The molecule has 0 spiro atoms. The summed E-state index contributed by atoms with van der Waals surface area (Å²) in [5.41, 5.74) is 8.07. The molecule has 2 heterocycles. The Kier molecular flexibility index (Phi) is 4.66. The fourth-order valence-corrected chi connectivity index (χ4v) is 4.04. The molecule has 2 aromatic rings. The summed E-state index contributed by atoms with van der Waals surface area (Å²) < 4.78 is 5.44. The molecule has 2 aliphatic rings. The van der Waals surface area contributed by atoms with Crippen molar-refractivity contribution in [3.8, 4) is 0 Å². The van der Waals surface area contributed by atoms with Crippen LogP contribution in [0.15, 0.2) is 48.7 Å². The zero-order chi connectivity index (χ0) is 19.9. The third-order valence-electron chi connectivity index (χ3n) is 5.16. The van der Waals surface area contributed by atoms with Crippen molar-refractivity contribution in [1.29, 1.82) is 0 Å². The van der Waals surface area contributed by atoms with Crippen molar-refractivity contribution in [2.24, 2.45) is 0 Å². The van der Waals surface area contributed by atoms with Crippen LogP contribution in [0.1, 0.15) is 43.0 Å². The number of ether oxygens (including phenoxy) is 1. The monoisotopic (exact) mass is 376 g/mol. The highest BCUT2D eigenvalue weighted by Gasteiger charge is 2.22. The Bertz CT molecular complexity index is 940. The van der Waals surface area contributed by atoms with Gasteiger partial charge in [0.1, 0.15) is 5.60 Å². The van der Waals surface area contributed by atoms with Gasteiger partial charge in [0.05, 0.1) is 6.42 Å². The molecule has 0 bridgehead atoms. The van der Waals surface area contributed by atoms with Crippen molar-refractivity contribution < 1.29 is 9.53 Å². The highest BCUT2D eigenvalue weighted by Crippen LogP contribution is 2.32. The first-order chi connectivity index (χ1) is 13.3. The van der Waals surface area contributed by atoms with Crippen molar-refractivity contribution in [3.63, 3.8) is 0 Å². The number of fused-ring (bicyclic) bond motifs is 2. The van der Waals surface area contributed by atoms with E-state index < -0.39 is 5.60 Å². The van der Waals surface area contributed by atoms with Crippen LogP contribution in [0.25, 0.3) is 0 Å². The standard InChI is InChI=1S/C24H28N2O2/c1-16-11-20-13-18(5-7-21(20)25-16)15-26-10-9-19-12-17(6-8-22(19)26)14-23(27)28-24(2,3)4/h5-8,12-13,25H,1,9-11,14-15H2,2-4H3. The van der Waals surface area contributed by atoms with Crippen LogP contribution in [0.5, 0.6) is 0 Å². The van der Waals surface area contributed by atoms with E-state index in [0.717, 1.165) is 37.2 Å². The second-order valence-corrected chi connectivity index (χ2v) is 8.79. The molecule has 28 heavy (non-hydrogen) atoms. The molecule has 0 atom stereocenters. The second-order valence-electron chi connectivity index (χ2n) is 8.79. The van der Waals surface area contributed by atoms with Gasteiger partial charge in [-0.25, -0.2) is 0 Å². The Morgan fingerprint density at radius 1 is 1.14 bits per heavy atom. The fourth-order valence-electron chi connectivity index (χ4n) is 4.04. The number of rotatable bonds is 4. The molecule has 0 amide bonds. The lowest BCUT2D eigenvalue weighted by Crippen LogP contribution is -2.24. The zero-order valence-corrected chi connectivity index (χ0v) is 17.0. The molecule has 1 N–H and O–H groups in total. The van der Waals surface area contributed by atoms with Gasteiger partial charge in [0.25, 0.3) is 0 Å². The van der Waals surface area contributed by atoms with Crippen LogP contribution < -0.4 is 10.2 Å². The summed E-state index contributed by atoms with van der Waals surface area (Å²) in [6.07, 6.45) is 2.25. The Labute approximate surface area is 167 Å². The fraction of sp³-hybridized carbons (Fsp3) is 0.375. The largest absolute Gasteiger partial charge is 0.460 e. The number of carbonyl (C=O) groups is 1. The summed E-state index contributed by atoms with van der Waals surface area (Å²) in [7, 11) is 0. The van der Waals surface area contributed by atoms with E-state index in [2.05, 4.69) is 53.2 Å². The second kappa shape index (κ2) is 7.01. The smallest absolute Gasteiger partial charge is 0.310 e. The Morgan fingerprint density at radius 3 is 2.68 bits per heavy atom. The van der Waals surface area contributed by atoms with Crippen molar-refractivity contribution in [1.82, 2.24) is 0 Å². The molecule has 0 fully saturated rings. The van der Waals surface area contributed by atoms with E-state index in [1.54, 1.807) is 0 Å². The summed E-state index contributed by atoms with van der Waals surface area (Å²) in [5.74, 6) is -0.171. The van der Waals surface area contributed by atoms with Crippen molar-refractivity contribution in [2.75, 3.05) is 16.8 Å². The lowest BCUT2D eigenvalue weighted by Gasteiger charge is -2.21. The molecular weight excluding hydrogens is 348 g/mol. The molecule has 0 radical (unpaired) electrons. The third kappa shape index (κ3) is 4.06. The average molecular weight is 377 g/mol. The van der Waals surface area contributed by atoms with Crippen LogP contribution in [0.4, 0.5) is 11.4 Å². The van der Waals surface area contributed by atoms with Crippen molar-refractivity contribution in [3.05, 3.63) is 70.9 Å². The first-order valence-electron chi connectivity index (χ1n) is 9.92. The number of hydrogen-bond donors (Lipinski definition) is 1. The predicted molar refractivity (Wildman–Crippen MR) is 114 cm³/mol. The summed E-state index contributed by atoms with van der Waals surface area (Å²) in [6, 6.07) is 13.0. The maximum atomic E-state index is 12.1. The number of hydrogen-bond acceptors (Lipinski definition) is 4. The van der Waals surface area contributed by atoms with Gasteiger partial charge in [-0.3, -0.25) is 4.79 Å². The molecule has 0 unspecified atom stereocenters. The van der Waals surface area contributed by atoms with E-state index in [-0.39, 0.29) is 5.97 Å². The highest BCUT2D eigenvalue weighted by atomic mass is 16.6. The zero-order valence-electron chi connectivity index (χ0n) is 17.0. The van der Waals surface area contributed by atoms with E-state index in [9.17, 15) is 4.79 Å². The normalized spacial score (nSPS) is 15.2. The average Bonchev–Trinajstić information content (AvgIpc) is 3.15. The molecule has 4 rings (SSSR count). The predicted octanol–water partition coefficient (Wildman–Crippen LogP) is 4.62. The van der Waals surface area contributed by atoms with Crippen molar-refractivity contribution >= 4 is 17.3 Å². The van der Waals surface area contributed by atoms with Gasteiger partial charge in [-0.2, -0.15) is 0 Å². The van der Waals surface area contributed by atoms with E-state index in [0.29, 0.717) is 6.42 Å². The number of nitrogens with one attached hydrogen (secondary N) is 1. The summed E-state index contributed by atoms with van der Waals surface area (Å²) >= 11 is 0. The number of allylic oxidation sites excluding steroid dienone is 1. The summed E-state index contributed by atoms with van der Waals surface area (Å²) in [4.78, 5) is 14.5. The van der Waals surface area contributed by atoms with Crippen molar-refractivity contribution in [2.45, 2.75) is 52.2 Å². The van der Waals surface area contributed by atoms with E-state index in [4.69, 9.17) is 4.74 Å². The van der Waals surface area contributed by atoms with Gasteiger partial charge >= 0.3 is 5.97 Å². The molecule has 4 nitrogen and oxygen atoms in total. The van der Waals surface area contributed by atoms with Crippen LogP contribution >= 0.6 is 0 Å². The topological polar surface area (TPSA) is 41.6 Å². The van der Waals surface area contributed by atoms with Crippen LogP contribution in [0.2, 0.25) is 0 Å². The minimum Gasteiger partial charge on any atom is -0.460 e. The quantitative estimate of drug-likeness (QED) is 0.791. The van der Waals surface area contributed by atoms with Gasteiger partial charge in [0, 0.05) is 36.6 Å². The molecule has 0 aromatic heterocycles. The first-order valence-corrected chi connectivity index (χ1v) is 9.92. The number of esters is 1. The van der Waals surface area contributed by atoms with Gasteiger partial charge in [-0.1, -0.05) is 30.8 Å². The highest BCUT2D eigenvalue weighted by molar-refractivity contribution is 5.74. The molecule has 0 saturated carbocycles. The van der Waals surface area contributed by atoms with Gasteiger partial charge in [-0.15, -0.1) is 0 Å². The number of nitrogens with zero attached hydrogens (tertiary/aromatic N) is 1. The van der Waals surface area contributed by atoms with E-state index in [1.165, 1.54) is 28.1 Å².